The van der Waals surface area contributed by atoms with Crippen LogP contribution in [0, 0.1) is 0 Å². The standard InChI is InChI=1S/C19H14N4O/c20-18(24)17-11-22-23-12-16(10-21-19(17)23)15-8-4-7-14(9-15)13-5-2-1-3-6-13/h1-12H,(H2,20,24). The fourth-order valence-electron chi connectivity index (χ4n) is 2.71. The van der Waals surface area contributed by atoms with Crippen molar-refractivity contribution in [3.05, 3.63) is 78.8 Å². The number of benzene rings is 2. The summed E-state index contributed by atoms with van der Waals surface area (Å²) >= 11 is 0. The van der Waals surface area contributed by atoms with Gasteiger partial charge < -0.3 is 5.73 Å². The van der Waals surface area contributed by atoms with Gasteiger partial charge in [-0.2, -0.15) is 5.10 Å². The molecule has 0 bridgehead atoms. The van der Waals surface area contributed by atoms with Crippen LogP contribution in [-0.2, 0) is 0 Å². The molecule has 2 aromatic heterocycles. The zero-order chi connectivity index (χ0) is 16.5. The molecule has 5 nitrogen and oxygen atoms in total. The number of carbonyl (C=O) groups is 1. The van der Waals surface area contributed by atoms with Crippen LogP contribution in [0.15, 0.2) is 73.2 Å². The number of nitrogens with zero attached hydrogens (tertiary/aromatic N) is 3. The molecule has 0 aliphatic heterocycles. The second-order valence-corrected chi connectivity index (χ2v) is 5.48. The number of carbonyl (C=O) groups excluding carboxylic acids is 1. The van der Waals surface area contributed by atoms with Gasteiger partial charge in [-0.15, -0.1) is 0 Å². The molecule has 1 amide bonds. The van der Waals surface area contributed by atoms with Crippen LogP contribution < -0.4 is 5.73 Å². The van der Waals surface area contributed by atoms with Crippen molar-refractivity contribution >= 4 is 11.6 Å². The van der Waals surface area contributed by atoms with E-state index in [1.165, 1.54) is 6.20 Å². The zero-order valence-electron chi connectivity index (χ0n) is 12.8. The molecular formula is C19H14N4O. The smallest absolute Gasteiger partial charge is 0.254 e. The van der Waals surface area contributed by atoms with Gasteiger partial charge in [-0.3, -0.25) is 4.79 Å². The fourth-order valence-corrected chi connectivity index (χ4v) is 2.71. The molecule has 0 aliphatic carbocycles. The van der Waals surface area contributed by atoms with E-state index in [1.54, 1.807) is 10.7 Å². The van der Waals surface area contributed by atoms with Crippen LogP contribution in [0.2, 0.25) is 0 Å². The molecule has 116 valence electrons. The van der Waals surface area contributed by atoms with Gasteiger partial charge in [-0.25, -0.2) is 9.50 Å². The predicted molar refractivity (Wildman–Crippen MR) is 92.4 cm³/mol. The highest BCUT2D eigenvalue weighted by molar-refractivity contribution is 5.98. The zero-order valence-corrected chi connectivity index (χ0v) is 12.8. The summed E-state index contributed by atoms with van der Waals surface area (Å²) in [5.74, 6) is -0.531. The van der Waals surface area contributed by atoms with Crippen molar-refractivity contribution in [1.29, 1.82) is 0 Å². The minimum Gasteiger partial charge on any atom is -0.365 e. The van der Waals surface area contributed by atoms with Crippen LogP contribution in [-0.4, -0.2) is 20.5 Å². The van der Waals surface area contributed by atoms with Crippen LogP contribution >= 0.6 is 0 Å². The van der Waals surface area contributed by atoms with Crippen molar-refractivity contribution in [2.75, 3.05) is 0 Å². The van der Waals surface area contributed by atoms with Gasteiger partial charge in [0.15, 0.2) is 5.65 Å². The Labute approximate surface area is 138 Å². The second kappa shape index (κ2) is 5.62. The van der Waals surface area contributed by atoms with Crippen LogP contribution in [0.5, 0.6) is 0 Å². The summed E-state index contributed by atoms with van der Waals surface area (Å²) in [7, 11) is 0. The summed E-state index contributed by atoms with van der Waals surface area (Å²) in [6.07, 6.45) is 5.02. The Hall–Kier alpha value is -3.47. The lowest BCUT2D eigenvalue weighted by Gasteiger charge is -2.06. The highest BCUT2D eigenvalue weighted by Gasteiger charge is 2.11. The summed E-state index contributed by atoms with van der Waals surface area (Å²) in [5, 5.41) is 4.16. The first-order valence-electron chi connectivity index (χ1n) is 7.51. The predicted octanol–water partition coefficient (Wildman–Crippen LogP) is 3.16. The normalized spacial score (nSPS) is 10.8. The van der Waals surface area contributed by atoms with Crippen molar-refractivity contribution in [1.82, 2.24) is 14.6 Å². The molecule has 0 radical (unpaired) electrons. The Bertz CT molecular complexity index is 1040. The van der Waals surface area contributed by atoms with Gasteiger partial charge >= 0.3 is 0 Å². The number of nitrogens with two attached hydrogens (primary N) is 1. The lowest BCUT2D eigenvalue weighted by atomic mass is 10.0. The number of primary amides is 1. The van der Waals surface area contributed by atoms with Crippen LogP contribution in [0.3, 0.4) is 0 Å². The number of aromatic nitrogens is 3. The molecule has 4 aromatic rings. The van der Waals surface area contributed by atoms with Crippen molar-refractivity contribution in [3.8, 4) is 22.3 Å². The maximum absolute atomic E-state index is 11.4. The van der Waals surface area contributed by atoms with E-state index in [4.69, 9.17) is 5.73 Å². The van der Waals surface area contributed by atoms with Crippen LogP contribution in [0.25, 0.3) is 27.9 Å². The van der Waals surface area contributed by atoms with E-state index in [-0.39, 0.29) is 0 Å². The lowest BCUT2D eigenvalue weighted by Crippen LogP contribution is -2.10. The summed E-state index contributed by atoms with van der Waals surface area (Å²) in [4.78, 5) is 15.7. The van der Waals surface area contributed by atoms with E-state index in [0.717, 1.165) is 22.3 Å². The van der Waals surface area contributed by atoms with Gasteiger partial charge in [0.25, 0.3) is 5.91 Å². The minimum absolute atomic E-state index is 0.319. The molecule has 4 rings (SSSR count). The molecule has 2 N–H and O–H groups in total. The first-order chi connectivity index (χ1) is 11.7. The molecule has 0 atom stereocenters. The second-order valence-electron chi connectivity index (χ2n) is 5.48. The Morgan fingerprint density at radius 3 is 2.33 bits per heavy atom. The van der Waals surface area contributed by atoms with E-state index >= 15 is 0 Å². The van der Waals surface area contributed by atoms with Crippen LogP contribution in [0.4, 0.5) is 0 Å². The molecule has 0 aliphatic rings. The van der Waals surface area contributed by atoms with E-state index < -0.39 is 5.91 Å². The third-order valence-electron chi connectivity index (χ3n) is 3.92. The third-order valence-corrected chi connectivity index (χ3v) is 3.92. The average molecular weight is 314 g/mol. The molecule has 5 heteroatoms. The van der Waals surface area contributed by atoms with Crippen molar-refractivity contribution in [2.24, 2.45) is 5.73 Å². The van der Waals surface area contributed by atoms with E-state index in [2.05, 4.69) is 34.3 Å². The van der Waals surface area contributed by atoms with Gasteiger partial charge in [0.2, 0.25) is 0 Å². The Morgan fingerprint density at radius 1 is 0.875 bits per heavy atom. The quantitative estimate of drug-likeness (QED) is 0.631. The topological polar surface area (TPSA) is 73.3 Å². The van der Waals surface area contributed by atoms with Gasteiger partial charge in [0.1, 0.15) is 5.56 Å². The fraction of sp³-hybridized carbons (Fsp3) is 0. The van der Waals surface area contributed by atoms with E-state index in [0.29, 0.717) is 11.2 Å². The molecule has 24 heavy (non-hydrogen) atoms. The molecule has 0 unspecified atom stereocenters. The van der Waals surface area contributed by atoms with E-state index in [1.807, 2.05) is 36.5 Å². The molecule has 0 saturated heterocycles. The monoisotopic (exact) mass is 314 g/mol. The van der Waals surface area contributed by atoms with Gasteiger partial charge in [0, 0.05) is 18.0 Å². The molecule has 0 fully saturated rings. The minimum atomic E-state index is -0.531. The van der Waals surface area contributed by atoms with Gasteiger partial charge in [0.05, 0.1) is 6.20 Å². The first kappa shape index (κ1) is 14.1. The molecule has 0 saturated carbocycles. The number of hydrogen-bond acceptors (Lipinski definition) is 3. The third kappa shape index (κ3) is 2.42. The van der Waals surface area contributed by atoms with Gasteiger partial charge in [-0.1, -0.05) is 48.5 Å². The molecular weight excluding hydrogens is 300 g/mol. The number of hydrogen-bond donors (Lipinski definition) is 1. The molecule has 0 spiro atoms. The highest BCUT2D eigenvalue weighted by Crippen LogP contribution is 2.26. The Morgan fingerprint density at radius 2 is 1.58 bits per heavy atom. The number of rotatable bonds is 3. The Kier molecular flexibility index (Phi) is 3.31. The Balaban J connectivity index is 1.79. The van der Waals surface area contributed by atoms with E-state index in [9.17, 15) is 4.79 Å². The van der Waals surface area contributed by atoms with Gasteiger partial charge in [-0.05, 0) is 22.8 Å². The summed E-state index contributed by atoms with van der Waals surface area (Å²) in [6.45, 7) is 0. The highest BCUT2D eigenvalue weighted by atomic mass is 16.1. The summed E-state index contributed by atoms with van der Waals surface area (Å²) < 4.78 is 1.57. The molecule has 2 heterocycles. The van der Waals surface area contributed by atoms with Crippen molar-refractivity contribution < 1.29 is 4.79 Å². The molecule has 2 aromatic carbocycles. The number of amides is 1. The van der Waals surface area contributed by atoms with Crippen LogP contribution in [0.1, 0.15) is 10.4 Å². The van der Waals surface area contributed by atoms with Crippen molar-refractivity contribution in [2.45, 2.75) is 0 Å². The average Bonchev–Trinajstić information content (AvgIpc) is 3.06. The maximum atomic E-state index is 11.4. The summed E-state index contributed by atoms with van der Waals surface area (Å²) in [6, 6.07) is 18.4. The lowest BCUT2D eigenvalue weighted by molar-refractivity contribution is 0.100. The first-order valence-corrected chi connectivity index (χ1v) is 7.51. The SMILES string of the molecule is NC(=O)c1cnn2cc(-c3cccc(-c4ccccc4)c3)cnc12. The largest absolute Gasteiger partial charge is 0.365 e. The number of fused-ring (bicyclic) bond motifs is 1. The van der Waals surface area contributed by atoms with Crippen molar-refractivity contribution in [3.63, 3.8) is 0 Å². The summed E-state index contributed by atoms with van der Waals surface area (Å²) in [5.41, 5.74) is 10.3. The maximum Gasteiger partial charge on any atom is 0.254 e.